The molecule has 0 aromatic heterocycles. The number of hydrogen-bond acceptors (Lipinski definition) is 5. The van der Waals surface area contributed by atoms with Crippen molar-refractivity contribution in [3.8, 4) is 5.75 Å². The topological polar surface area (TPSA) is 79.9 Å². The standard InChI is InChI=1S/C21H24ClN3O4/c1-28-18-8-7-16(22)13-17(18)24-21(27)20(26)23-9-10-25-11-12-29-19(14-25)15-5-3-2-4-6-15/h2-8,13,19H,9-12,14H2,1H3,(H,23,26)(H,24,27)/t19-/m0/s1. The minimum absolute atomic E-state index is 0.0132. The van der Waals surface area contributed by atoms with Gasteiger partial charge in [-0.05, 0) is 23.8 Å². The van der Waals surface area contributed by atoms with Gasteiger partial charge in [-0.15, -0.1) is 0 Å². The van der Waals surface area contributed by atoms with Gasteiger partial charge in [0.1, 0.15) is 5.75 Å². The highest BCUT2D eigenvalue weighted by molar-refractivity contribution is 6.40. The number of carbonyl (C=O) groups is 2. The number of hydrogen-bond donors (Lipinski definition) is 2. The number of rotatable bonds is 6. The molecule has 0 aliphatic carbocycles. The lowest BCUT2D eigenvalue weighted by atomic mass is 10.1. The maximum Gasteiger partial charge on any atom is 0.313 e. The van der Waals surface area contributed by atoms with Gasteiger partial charge in [0.15, 0.2) is 0 Å². The molecule has 1 aliphatic heterocycles. The van der Waals surface area contributed by atoms with Crippen LogP contribution >= 0.6 is 11.6 Å². The Hall–Kier alpha value is -2.61. The molecule has 7 nitrogen and oxygen atoms in total. The quantitative estimate of drug-likeness (QED) is 0.706. The molecule has 0 bridgehead atoms. The van der Waals surface area contributed by atoms with E-state index in [9.17, 15) is 9.59 Å². The van der Waals surface area contributed by atoms with Gasteiger partial charge in [0.25, 0.3) is 0 Å². The first-order chi connectivity index (χ1) is 14.1. The number of carbonyl (C=O) groups excluding carboxylic acids is 2. The summed E-state index contributed by atoms with van der Waals surface area (Å²) in [4.78, 5) is 26.5. The fourth-order valence-electron chi connectivity index (χ4n) is 3.14. The summed E-state index contributed by atoms with van der Waals surface area (Å²) in [6.45, 7) is 3.14. The molecule has 2 aromatic carbocycles. The number of morpholine rings is 1. The summed E-state index contributed by atoms with van der Waals surface area (Å²) in [5, 5.41) is 5.61. The Bertz CT molecular complexity index is 847. The second-order valence-electron chi connectivity index (χ2n) is 6.63. The van der Waals surface area contributed by atoms with Crippen molar-refractivity contribution in [1.82, 2.24) is 10.2 Å². The van der Waals surface area contributed by atoms with Crippen LogP contribution < -0.4 is 15.4 Å². The number of methoxy groups -OCH3 is 1. The van der Waals surface area contributed by atoms with Gasteiger partial charge < -0.3 is 20.1 Å². The molecule has 0 unspecified atom stereocenters. The van der Waals surface area contributed by atoms with Crippen molar-refractivity contribution in [2.24, 2.45) is 0 Å². The molecule has 1 heterocycles. The Kier molecular flexibility index (Phi) is 7.46. The lowest BCUT2D eigenvalue weighted by molar-refractivity contribution is -0.136. The first-order valence-corrected chi connectivity index (χ1v) is 9.76. The lowest BCUT2D eigenvalue weighted by Crippen LogP contribution is -2.44. The molecule has 0 radical (unpaired) electrons. The van der Waals surface area contributed by atoms with Gasteiger partial charge in [-0.3, -0.25) is 14.5 Å². The number of benzene rings is 2. The van der Waals surface area contributed by atoms with E-state index in [-0.39, 0.29) is 6.10 Å². The van der Waals surface area contributed by atoms with E-state index >= 15 is 0 Å². The third kappa shape index (κ3) is 5.93. The highest BCUT2D eigenvalue weighted by Gasteiger charge is 2.22. The zero-order valence-electron chi connectivity index (χ0n) is 16.2. The van der Waals surface area contributed by atoms with Crippen LogP contribution in [0.3, 0.4) is 0 Å². The molecule has 29 heavy (non-hydrogen) atoms. The van der Waals surface area contributed by atoms with E-state index in [2.05, 4.69) is 15.5 Å². The van der Waals surface area contributed by atoms with Crippen LogP contribution in [0.15, 0.2) is 48.5 Å². The third-order valence-electron chi connectivity index (χ3n) is 4.65. The highest BCUT2D eigenvalue weighted by atomic mass is 35.5. The summed E-state index contributed by atoms with van der Waals surface area (Å²) in [5.41, 5.74) is 1.48. The molecule has 2 amide bonds. The second-order valence-corrected chi connectivity index (χ2v) is 7.06. The maximum atomic E-state index is 12.2. The van der Waals surface area contributed by atoms with Crippen LogP contribution in [0.1, 0.15) is 11.7 Å². The minimum Gasteiger partial charge on any atom is -0.495 e. The van der Waals surface area contributed by atoms with E-state index in [0.29, 0.717) is 36.2 Å². The zero-order chi connectivity index (χ0) is 20.6. The number of anilines is 1. The summed E-state index contributed by atoms with van der Waals surface area (Å²) in [6.07, 6.45) is 0.0132. The monoisotopic (exact) mass is 417 g/mol. The lowest BCUT2D eigenvalue weighted by Gasteiger charge is -2.33. The normalized spacial score (nSPS) is 16.8. The van der Waals surface area contributed by atoms with Gasteiger partial charge in [-0.2, -0.15) is 0 Å². The minimum atomic E-state index is -0.769. The van der Waals surface area contributed by atoms with E-state index in [1.54, 1.807) is 12.1 Å². The molecule has 2 aromatic rings. The van der Waals surface area contributed by atoms with Gasteiger partial charge in [-0.25, -0.2) is 0 Å². The Morgan fingerprint density at radius 1 is 1.21 bits per heavy atom. The highest BCUT2D eigenvalue weighted by Crippen LogP contribution is 2.27. The molecule has 1 fully saturated rings. The SMILES string of the molecule is COc1ccc(Cl)cc1NC(=O)C(=O)NCCN1CCO[C@H](c2ccccc2)C1. The van der Waals surface area contributed by atoms with Crippen molar-refractivity contribution >= 4 is 29.1 Å². The predicted molar refractivity (Wildman–Crippen MR) is 111 cm³/mol. The second kappa shape index (κ2) is 10.2. The van der Waals surface area contributed by atoms with Gasteiger partial charge in [0.05, 0.1) is 25.5 Å². The maximum absolute atomic E-state index is 12.2. The molecule has 1 saturated heterocycles. The van der Waals surface area contributed by atoms with Crippen LogP contribution in [0, 0.1) is 0 Å². The summed E-state index contributed by atoms with van der Waals surface area (Å²) >= 11 is 5.94. The van der Waals surface area contributed by atoms with Gasteiger partial charge in [-0.1, -0.05) is 41.9 Å². The van der Waals surface area contributed by atoms with Gasteiger partial charge in [0.2, 0.25) is 0 Å². The summed E-state index contributed by atoms with van der Waals surface area (Å²) in [5.74, 6) is -1.05. The molecule has 0 saturated carbocycles. The molecule has 2 N–H and O–H groups in total. The average Bonchev–Trinajstić information content (AvgIpc) is 2.74. The van der Waals surface area contributed by atoms with E-state index in [1.165, 1.54) is 13.2 Å². The Morgan fingerprint density at radius 3 is 2.76 bits per heavy atom. The van der Waals surface area contributed by atoms with Crippen LogP contribution in [-0.4, -0.2) is 56.6 Å². The molecular weight excluding hydrogens is 394 g/mol. The van der Waals surface area contributed by atoms with Crippen LogP contribution in [0.2, 0.25) is 5.02 Å². The fraction of sp³-hybridized carbons (Fsp3) is 0.333. The number of nitrogens with one attached hydrogen (secondary N) is 2. The number of nitrogens with zero attached hydrogens (tertiary/aromatic N) is 1. The predicted octanol–water partition coefficient (Wildman–Crippen LogP) is 2.48. The first kappa shape index (κ1) is 21.1. The number of ether oxygens (including phenoxy) is 2. The van der Waals surface area contributed by atoms with Crippen LogP contribution in [0.5, 0.6) is 5.75 Å². The van der Waals surface area contributed by atoms with Crippen molar-refractivity contribution < 1.29 is 19.1 Å². The molecule has 154 valence electrons. The Morgan fingerprint density at radius 2 is 2.00 bits per heavy atom. The summed E-state index contributed by atoms with van der Waals surface area (Å²) in [7, 11) is 1.48. The Labute approximate surface area is 174 Å². The molecule has 0 spiro atoms. The van der Waals surface area contributed by atoms with E-state index < -0.39 is 11.8 Å². The Balaban J connectivity index is 1.46. The molecule has 3 rings (SSSR count). The average molecular weight is 418 g/mol. The van der Waals surface area contributed by atoms with Crippen molar-refractivity contribution in [3.05, 3.63) is 59.1 Å². The van der Waals surface area contributed by atoms with Gasteiger partial charge >= 0.3 is 11.8 Å². The molecule has 1 aliphatic rings. The van der Waals surface area contributed by atoms with Crippen LogP contribution in [0.4, 0.5) is 5.69 Å². The smallest absolute Gasteiger partial charge is 0.313 e. The number of amides is 2. The zero-order valence-corrected chi connectivity index (χ0v) is 16.9. The van der Waals surface area contributed by atoms with E-state index in [0.717, 1.165) is 18.7 Å². The van der Waals surface area contributed by atoms with Crippen molar-refractivity contribution in [1.29, 1.82) is 0 Å². The van der Waals surface area contributed by atoms with Crippen molar-refractivity contribution in [2.45, 2.75) is 6.10 Å². The number of halogens is 1. The van der Waals surface area contributed by atoms with Crippen LogP contribution in [-0.2, 0) is 14.3 Å². The summed E-state index contributed by atoms with van der Waals surface area (Å²) < 4.78 is 11.0. The van der Waals surface area contributed by atoms with E-state index in [4.69, 9.17) is 21.1 Å². The first-order valence-electron chi connectivity index (χ1n) is 9.38. The van der Waals surface area contributed by atoms with Crippen molar-refractivity contribution in [2.75, 3.05) is 45.2 Å². The van der Waals surface area contributed by atoms with Gasteiger partial charge in [0, 0.05) is 31.2 Å². The largest absolute Gasteiger partial charge is 0.495 e. The molecule has 8 heteroatoms. The van der Waals surface area contributed by atoms with Crippen molar-refractivity contribution in [3.63, 3.8) is 0 Å². The fourth-order valence-corrected chi connectivity index (χ4v) is 3.31. The molecular formula is C21H24ClN3O4. The van der Waals surface area contributed by atoms with E-state index in [1.807, 2.05) is 30.3 Å². The van der Waals surface area contributed by atoms with Crippen LogP contribution in [0.25, 0.3) is 0 Å². The third-order valence-corrected chi connectivity index (χ3v) is 4.89. The summed E-state index contributed by atoms with van der Waals surface area (Å²) in [6, 6.07) is 14.8. The molecule has 1 atom stereocenters.